The highest BCUT2D eigenvalue weighted by Crippen LogP contribution is 2.19. The van der Waals surface area contributed by atoms with Gasteiger partial charge >= 0.3 is 0 Å². The smallest absolute Gasteiger partial charge is 0.149 e. The van der Waals surface area contributed by atoms with Crippen LogP contribution >= 0.6 is 0 Å². The fourth-order valence-corrected chi connectivity index (χ4v) is 3.90. The molecule has 2 fully saturated rings. The minimum Gasteiger partial charge on any atom is -0.317 e. The van der Waals surface area contributed by atoms with Gasteiger partial charge in [-0.05, 0) is 57.9 Å². The summed E-state index contributed by atoms with van der Waals surface area (Å²) >= 11 is 0. The number of ketones is 1. The molecule has 2 rings (SSSR count). The number of rotatable bonds is 10. The molecule has 0 aromatic carbocycles. The number of carbonyl (C=O) groups excluding carboxylic acids is 1. The normalized spacial score (nSPS) is 21.9. The van der Waals surface area contributed by atoms with Crippen molar-refractivity contribution in [3.05, 3.63) is 0 Å². The number of hydrogen-bond acceptors (Lipinski definition) is 5. The first kappa shape index (κ1) is 20.8. The summed E-state index contributed by atoms with van der Waals surface area (Å²) in [6.07, 6.45) is 3.98. The third-order valence-corrected chi connectivity index (χ3v) is 5.79. The Bertz CT molecular complexity index is 378. The van der Waals surface area contributed by atoms with Gasteiger partial charge in [-0.1, -0.05) is 20.8 Å². The van der Waals surface area contributed by atoms with E-state index in [-0.39, 0.29) is 7.34 Å². The summed E-state index contributed by atoms with van der Waals surface area (Å²) in [4.78, 5) is 19.5. The largest absolute Gasteiger partial charge is 0.317 e. The minimum absolute atomic E-state index is 0. The zero-order chi connectivity index (χ0) is 18.1. The fraction of sp³-hybridized carbons (Fsp3) is 0.950. The van der Waals surface area contributed by atoms with E-state index in [0.717, 1.165) is 45.2 Å². The van der Waals surface area contributed by atoms with Crippen LogP contribution in [0.25, 0.3) is 0 Å². The second-order valence-electron chi connectivity index (χ2n) is 8.19. The number of piperazine rings is 1. The molecule has 0 atom stereocenters. The molecule has 2 saturated heterocycles. The molecule has 1 N–H and O–H groups in total. The van der Waals surface area contributed by atoms with Crippen molar-refractivity contribution in [2.75, 3.05) is 72.0 Å². The maximum Gasteiger partial charge on any atom is 0.149 e. The van der Waals surface area contributed by atoms with Crippen LogP contribution in [0.2, 0.25) is 0 Å². The van der Waals surface area contributed by atoms with Crippen LogP contribution in [0.1, 0.15) is 41.5 Å². The van der Waals surface area contributed by atoms with Crippen LogP contribution in [0.5, 0.6) is 0 Å². The molecule has 2 aliphatic rings. The van der Waals surface area contributed by atoms with Crippen molar-refractivity contribution in [2.24, 2.45) is 11.8 Å². The van der Waals surface area contributed by atoms with Gasteiger partial charge in [-0.25, -0.2) is 0 Å². The highest BCUT2D eigenvalue weighted by Gasteiger charge is 2.24. The Balaban J connectivity index is 0.00000338. The van der Waals surface area contributed by atoms with Crippen molar-refractivity contribution in [3.8, 4) is 0 Å². The van der Waals surface area contributed by atoms with E-state index in [4.69, 9.17) is 0 Å². The van der Waals surface area contributed by atoms with Crippen LogP contribution in [-0.4, -0.2) is 92.5 Å². The van der Waals surface area contributed by atoms with Crippen molar-refractivity contribution in [1.82, 2.24) is 20.0 Å². The monoisotopic (exact) mass is 354 g/mol. The molecule has 25 heavy (non-hydrogen) atoms. The molecule has 0 spiro atoms. The van der Waals surface area contributed by atoms with E-state index in [2.05, 4.69) is 26.9 Å². The second-order valence-corrected chi connectivity index (χ2v) is 8.19. The Morgan fingerprint density at radius 1 is 1.04 bits per heavy atom. The Morgan fingerprint density at radius 2 is 1.68 bits per heavy atom. The number of piperidine rings is 1. The molecule has 5 nitrogen and oxygen atoms in total. The number of carbonyl (C=O) groups is 1. The van der Waals surface area contributed by atoms with Crippen LogP contribution < -0.4 is 5.32 Å². The highest BCUT2D eigenvalue weighted by atomic mass is 16.1. The average molecular weight is 355 g/mol. The van der Waals surface area contributed by atoms with Gasteiger partial charge in [-0.15, -0.1) is 0 Å². The highest BCUT2D eigenvalue weighted by molar-refractivity contribution is 5.82. The van der Waals surface area contributed by atoms with E-state index < -0.39 is 0 Å². The number of Topliss-reactive ketones (excluding diaryl/α,β-unsaturated/α-hetero) is 1. The summed E-state index contributed by atoms with van der Waals surface area (Å²) in [5.41, 5.74) is 0. The molecule has 0 radical (unpaired) electrons. The quantitative estimate of drug-likeness (QED) is 0.606. The van der Waals surface area contributed by atoms with Crippen molar-refractivity contribution >= 4 is 5.78 Å². The van der Waals surface area contributed by atoms with E-state index in [1.54, 1.807) is 0 Å². The molecule has 2 heterocycles. The van der Waals surface area contributed by atoms with Crippen molar-refractivity contribution in [1.29, 1.82) is 0 Å². The Morgan fingerprint density at radius 3 is 2.28 bits per heavy atom. The van der Waals surface area contributed by atoms with E-state index in [9.17, 15) is 4.79 Å². The topological polar surface area (TPSA) is 38.8 Å². The third kappa shape index (κ3) is 7.73. The Labute approximate surface area is 156 Å². The van der Waals surface area contributed by atoms with E-state index in [1.807, 2.05) is 13.8 Å². The van der Waals surface area contributed by atoms with Gasteiger partial charge < -0.3 is 15.1 Å². The summed E-state index contributed by atoms with van der Waals surface area (Å²) in [6.45, 7) is 18.5. The number of likely N-dealkylation sites (tertiary alicyclic amines) is 1. The molecule has 0 aromatic rings. The standard InChI is InChI=1S/C20H40N4O.H2/c1-4-21-8-5-9-22-10-6-19(7-11-22)16-23-12-14-24(15-13-23)17-20(25)18(2)3;/h18-19,21H,4-17H2,1-3H3;1H. The summed E-state index contributed by atoms with van der Waals surface area (Å²) in [5, 5.41) is 3.41. The van der Waals surface area contributed by atoms with Gasteiger partial charge in [0.05, 0.1) is 6.54 Å². The van der Waals surface area contributed by atoms with Gasteiger partial charge in [-0.3, -0.25) is 9.69 Å². The van der Waals surface area contributed by atoms with Gasteiger partial charge in [-0.2, -0.15) is 0 Å². The minimum atomic E-state index is 0. The van der Waals surface area contributed by atoms with E-state index in [0.29, 0.717) is 12.3 Å². The van der Waals surface area contributed by atoms with Crippen LogP contribution in [0.3, 0.4) is 0 Å². The number of hydrogen-bond donors (Lipinski definition) is 1. The molecule has 0 aromatic heterocycles. The van der Waals surface area contributed by atoms with Crippen LogP contribution in [0, 0.1) is 11.8 Å². The molecule has 0 amide bonds. The van der Waals surface area contributed by atoms with Crippen LogP contribution in [0.4, 0.5) is 0 Å². The maximum atomic E-state index is 11.9. The van der Waals surface area contributed by atoms with Crippen LogP contribution in [-0.2, 0) is 4.79 Å². The van der Waals surface area contributed by atoms with Crippen molar-refractivity contribution in [2.45, 2.75) is 40.0 Å². The lowest BCUT2D eigenvalue weighted by atomic mass is 9.95. The first-order chi connectivity index (χ1) is 12.1. The second kappa shape index (κ2) is 11.3. The van der Waals surface area contributed by atoms with Gasteiger partial charge in [0.25, 0.3) is 0 Å². The third-order valence-electron chi connectivity index (χ3n) is 5.79. The van der Waals surface area contributed by atoms with Gasteiger partial charge in [0.1, 0.15) is 5.78 Å². The van der Waals surface area contributed by atoms with Gasteiger partial charge in [0, 0.05) is 40.1 Å². The van der Waals surface area contributed by atoms with E-state index >= 15 is 0 Å². The zero-order valence-corrected chi connectivity index (χ0v) is 16.8. The first-order valence-corrected chi connectivity index (χ1v) is 10.5. The molecule has 5 heteroatoms. The lowest BCUT2D eigenvalue weighted by Gasteiger charge is -2.38. The molecular formula is C20H42N4O. The molecule has 0 saturated carbocycles. The Hall–Kier alpha value is -0.490. The lowest BCUT2D eigenvalue weighted by Crippen LogP contribution is -2.50. The molecule has 2 aliphatic heterocycles. The molecule has 0 bridgehead atoms. The lowest BCUT2D eigenvalue weighted by molar-refractivity contribution is -0.123. The maximum absolute atomic E-state index is 11.9. The molecule has 0 unspecified atom stereocenters. The SMILES string of the molecule is CCNCCCN1CCC(CN2CCN(CC(=O)C(C)C)CC2)CC1.[HH]. The molecule has 148 valence electrons. The van der Waals surface area contributed by atoms with E-state index in [1.165, 1.54) is 45.4 Å². The summed E-state index contributed by atoms with van der Waals surface area (Å²) < 4.78 is 0. The molecule has 0 aliphatic carbocycles. The van der Waals surface area contributed by atoms with Crippen LogP contribution in [0.15, 0.2) is 0 Å². The Kier molecular flexibility index (Phi) is 9.39. The summed E-state index contributed by atoms with van der Waals surface area (Å²) in [7, 11) is 0. The van der Waals surface area contributed by atoms with Crippen molar-refractivity contribution in [3.63, 3.8) is 0 Å². The average Bonchev–Trinajstić information content (AvgIpc) is 2.61. The summed E-state index contributed by atoms with van der Waals surface area (Å²) in [5.74, 6) is 1.42. The first-order valence-electron chi connectivity index (χ1n) is 10.5. The zero-order valence-electron chi connectivity index (χ0n) is 16.8. The fourth-order valence-electron chi connectivity index (χ4n) is 3.90. The number of nitrogens with one attached hydrogen (secondary N) is 1. The predicted octanol–water partition coefficient (Wildman–Crippen LogP) is 1.79. The van der Waals surface area contributed by atoms with Gasteiger partial charge in [0.2, 0.25) is 0 Å². The van der Waals surface area contributed by atoms with Gasteiger partial charge in [0.15, 0.2) is 0 Å². The van der Waals surface area contributed by atoms with Crippen molar-refractivity contribution < 1.29 is 6.22 Å². The number of nitrogens with zero attached hydrogens (tertiary/aromatic N) is 3. The molecular weight excluding hydrogens is 312 g/mol. The summed E-state index contributed by atoms with van der Waals surface area (Å²) in [6, 6.07) is 0. The predicted molar refractivity (Wildman–Crippen MR) is 107 cm³/mol.